The Labute approximate surface area is 142 Å². The summed E-state index contributed by atoms with van der Waals surface area (Å²) in [5.74, 6) is 0.405. The predicted octanol–water partition coefficient (Wildman–Crippen LogP) is 4.42. The number of hydrogen-bond donors (Lipinski definition) is 1. The first-order chi connectivity index (χ1) is 11.4. The van der Waals surface area contributed by atoms with Crippen molar-refractivity contribution in [2.45, 2.75) is 26.9 Å². The first-order valence-electron chi connectivity index (χ1n) is 7.78. The summed E-state index contributed by atoms with van der Waals surface area (Å²) in [7, 11) is 1.59. The third-order valence-corrected chi connectivity index (χ3v) is 3.52. The zero-order chi connectivity index (χ0) is 17.7. The lowest BCUT2D eigenvalue weighted by molar-refractivity contribution is -0.130. The second-order valence-corrected chi connectivity index (χ2v) is 5.75. The van der Waals surface area contributed by atoms with Crippen molar-refractivity contribution in [1.82, 2.24) is 0 Å². The van der Waals surface area contributed by atoms with Crippen LogP contribution in [0.4, 0.5) is 0 Å². The molecule has 0 aromatic heterocycles. The second kappa shape index (κ2) is 7.68. The van der Waals surface area contributed by atoms with E-state index in [1.165, 1.54) is 0 Å². The van der Waals surface area contributed by atoms with E-state index < -0.39 is 5.97 Å². The molecule has 0 unspecified atom stereocenters. The molecule has 4 nitrogen and oxygen atoms in total. The Bertz CT molecular complexity index is 760. The lowest BCUT2D eigenvalue weighted by atomic mass is 10.00. The first-order valence-corrected chi connectivity index (χ1v) is 7.78. The summed E-state index contributed by atoms with van der Waals surface area (Å²) in [6.45, 7) is 5.76. The van der Waals surface area contributed by atoms with Crippen LogP contribution in [0.5, 0.6) is 11.5 Å². The molecule has 4 heteroatoms. The van der Waals surface area contributed by atoms with E-state index in [4.69, 9.17) is 9.47 Å². The first kappa shape index (κ1) is 17.6. The maximum absolute atomic E-state index is 11.8. The molecule has 0 bridgehead atoms. The van der Waals surface area contributed by atoms with Gasteiger partial charge >= 0.3 is 5.97 Å². The summed E-state index contributed by atoms with van der Waals surface area (Å²) in [4.78, 5) is 11.8. The molecule has 0 atom stereocenters. The number of benzene rings is 2. The maximum atomic E-state index is 11.8. The van der Waals surface area contributed by atoms with Crippen molar-refractivity contribution in [3.63, 3.8) is 0 Å². The SMILES string of the molecule is COc1ccc(/C(=C/c2ccccc2OC(C)C)C(=O)O)cc1C. The smallest absolute Gasteiger partial charge is 0.336 e. The highest BCUT2D eigenvalue weighted by Crippen LogP contribution is 2.28. The van der Waals surface area contributed by atoms with Crippen molar-refractivity contribution in [3.8, 4) is 11.5 Å². The molecule has 2 aromatic carbocycles. The minimum absolute atomic E-state index is 0.0102. The van der Waals surface area contributed by atoms with Gasteiger partial charge in [0.1, 0.15) is 11.5 Å². The summed E-state index contributed by atoms with van der Waals surface area (Å²) in [5, 5.41) is 9.64. The minimum Gasteiger partial charge on any atom is -0.496 e. The third kappa shape index (κ3) is 4.16. The Balaban J connectivity index is 2.50. The molecule has 24 heavy (non-hydrogen) atoms. The van der Waals surface area contributed by atoms with E-state index >= 15 is 0 Å². The fourth-order valence-electron chi connectivity index (χ4n) is 2.43. The van der Waals surface area contributed by atoms with Gasteiger partial charge in [0.15, 0.2) is 0 Å². The van der Waals surface area contributed by atoms with Crippen molar-refractivity contribution in [2.75, 3.05) is 7.11 Å². The zero-order valence-electron chi connectivity index (χ0n) is 14.4. The minimum atomic E-state index is -0.987. The fraction of sp³-hybridized carbons (Fsp3) is 0.250. The molecule has 0 aliphatic carbocycles. The molecule has 0 fully saturated rings. The van der Waals surface area contributed by atoms with E-state index in [0.29, 0.717) is 11.3 Å². The van der Waals surface area contributed by atoms with Gasteiger partial charge in [0, 0.05) is 5.56 Å². The van der Waals surface area contributed by atoms with E-state index in [1.54, 1.807) is 25.3 Å². The van der Waals surface area contributed by atoms with Crippen molar-refractivity contribution >= 4 is 17.6 Å². The fourth-order valence-corrected chi connectivity index (χ4v) is 2.43. The van der Waals surface area contributed by atoms with Crippen LogP contribution in [0.15, 0.2) is 42.5 Å². The van der Waals surface area contributed by atoms with Crippen LogP contribution in [0.2, 0.25) is 0 Å². The van der Waals surface area contributed by atoms with Crippen LogP contribution in [0, 0.1) is 6.92 Å². The van der Waals surface area contributed by atoms with Crippen molar-refractivity contribution in [3.05, 3.63) is 59.2 Å². The van der Waals surface area contributed by atoms with Gasteiger partial charge in [-0.1, -0.05) is 24.3 Å². The number of aliphatic carboxylic acids is 1. The standard InChI is InChI=1S/C20H22O4/c1-13(2)24-19-8-6-5-7-16(19)12-17(20(21)22)15-9-10-18(23-4)14(3)11-15/h5-13H,1-4H3,(H,21,22)/b17-12-. The Morgan fingerprint density at radius 2 is 1.83 bits per heavy atom. The molecular formula is C20H22O4. The van der Waals surface area contributed by atoms with Gasteiger partial charge in [0.25, 0.3) is 0 Å². The average molecular weight is 326 g/mol. The average Bonchev–Trinajstić information content (AvgIpc) is 2.53. The Morgan fingerprint density at radius 3 is 2.42 bits per heavy atom. The van der Waals surface area contributed by atoms with E-state index in [2.05, 4.69) is 0 Å². The number of para-hydroxylation sites is 1. The number of methoxy groups -OCH3 is 1. The lowest BCUT2D eigenvalue weighted by Crippen LogP contribution is -2.07. The summed E-state index contributed by atoms with van der Waals surface area (Å²) < 4.78 is 11.0. The van der Waals surface area contributed by atoms with Crippen LogP contribution in [0.3, 0.4) is 0 Å². The van der Waals surface area contributed by atoms with Crippen LogP contribution < -0.4 is 9.47 Å². The Hall–Kier alpha value is -2.75. The number of carboxylic acids is 1. The third-order valence-electron chi connectivity index (χ3n) is 3.52. The molecule has 0 aliphatic rings. The van der Waals surface area contributed by atoms with Gasteiger partial charge in [0.05, 0.1) is 18.8 Å². The van der Waals surface area contributed by atoms with E-state index in [0.717, 1.165) is 16.9 Å². The molecular weight excluding hydrogens is 304 g/mol. The molecule has 0 saturated carbocycles. The lowest BCUT2D eigenvalue weighted by Gasteiger charge is -2.13. The van der Waals surface area contributed by atoms with Crippen LogP contribution in [-0.2, 0) is 4.79 Å². The van der Waals surface area contributed by atoms with Gasteiger partial charge in [-0.05, 0) is 56.2 Å². The van der Waals surface area contributed by atoms with Crippen LogP contribution >= 0.6 is 0 Å². The normalized spacial score (nSPS) is 11.5. The van der Waals surface area contributed by atoms with Gasteiger partial charge in [0.2, 0.25) is 0 Å². The van der Waals surface area contributed by atoms with E-state index in [9.17, 15) is 9.90 Å². The molecule has 2 rings (SSSR count). The molecule has 0 amide bonds. The number of carbonyl (C=O) groups is 1. The van der Waals surface area contributed by atoms with E-state index in [1.807, 2.05) is 51.1 Å². The molecule has 1 N–H and O–H groups in total. The molecule has 0 aliphatic heterocycles. The summed E-state index contributed by atoms with van der Waals surface area (Å²) in [6.07, 6.45) is 1.65. The highest BCUT2D eigenvalue weighted by molar-refractivity contribution is 6.20. The molecule has 0 spiro atoms. The number of hydrogen-bond acceptors (Lipinski definition) is 3. The number of ether oxygens (including phenoxy) is 2. The van der Waals surface area contributed by atoms with Gasteiger partial charge in [-0.2, -0.15) is 0 Å². The highest BCUT2D eigenvalue weighted by atomic mass is 16.5. The van der Waals surface area contributed by atoms with Crippen LogP contribution in [0.1, 0.15) is 30.5 Å². The highest BCUT2D eigenvalue weighted by Gasteiger charge is 2.14. The summed E-state index contributed by atoms with van der Waals surface area (Å²) in [6, 6.07) is 12.7. The Morgan fingerprint density at radius 1 is 1.12 bits per heavy atom. The molecule has 2 aromatic rings. The van der Waals surface area contributed by atoms with Crippen molar-refractivity contribution in [1.29, 1.82) is 0 Å². The monoisotopic (exact) mass is 326 g/mol. The van der Waals surface area contributed by atoms with Crippen LogP contribution in [0.25, 0.3) is 11.6 Å². The van der Waals surface area contributed by atoms with Crippen LogP contribution in [-0.4, -0.2) is 24.3 Å². The zero-order valence-corrected chi connectivity index (χ0v) is 14.4. The molecule has 0 heterocycles. The molecule has 126 valence electrons. The van der Waals surface area contributed by atoms with Gasteiger partial charge in [-0.25, -0.2) is 4.79 Å². The number of aryl methyl sites for hydroxylation is 1. The second-order valence-electron chi connectivity index (χ2n) is 5.75. The summed E-state index contributed by atoms with van der Waals surface area (Å²) in [5.41, 5.74) is 2.45. The number of carboxylic acid groups (broad SMARTS) is 1. The van der Waals surface area contributed by atoms with Gasteiger partial charge < -0.3 is 14.6 Å². The Kier molecular flexibility index (Phi) is 5.64. The van der Waals surface area contributed by atoms with Gasteiger partial charge in [-0.15, -0.1) is 0 Å². The van der Waals surface area contributed by atoms with Crippen molar-refractivity contribution < 1.29 is 19.4 Å². The van der Waals surface area contributed by atoms with E-state index in [-0.39, 0.29) is 11.7 Å². The molecule has 0 saturated heterocycles. The predicted molar refractivity (Wildman–Crippen MR) is 95.4 cm³/mol. The van der Waals surface area contributed by atoms with Crippen molar-refractivity contribution in [2.24, 2.45) is 0 Å². The largest absolute Gasteiger partial charge is 0.496 e. The topological polar surface area (TPSA) is 55.8 Å². The van der Waals surface area contributed by atoms with Gasteiger partial charge in [-0.3, -0.25) is 0 Å². The number of rotatable bonds is 6. The summed E-state index contributed by atoms with van der Waals surface area (Å²) >= 11 is 0. The maximum Gasteiger partial charge on any atom is 0.336 e. The quantitative estimate of drug-likeness (QED) is 0.631. The molecule has 0 radical (unpaired) electrons.